The number of anilines is 1. The molecule has 0 fully saturated rings. The zero-order valence-corrected chi connectivity index (χ0v) is 16.9. The van der Waals surface area contributed by atoms with Crippen LogP contribution in [0.3, 0.4) is 0 Å². The van der Waals surface area contributed by atoms with Gasteiger partial charge in [0.25, 0.3) is 0 Å². The standard InChI is InChI=1S/C17H18Br2ClNO2/c1-3-22-16-8-11(7-14(19)17(16)23-4-2)10-21-12-5-6-13(18)15(20)9-12/h5-9,21H,3-4,10H2,1-2H3. The summed E-state index contributed by atoms with van der Waals surface area (Å²) >= 11 is 13.1. The summed E-state index contributed by atoms with van der Waals surface area (Å²) in [5, 5.41) is 4.03. The molecule has 2 aromatic rings. The van der Waals surface area contributed by atoms with Crippen LogP contribution in [0.4, 0.5) is 5.69 Å². The molecule has 0 aliphatic carbocycles. The van der Waals surface area contributed by atoms with Crippen LogP contribution in [-0.4, -0.2) is 13.2 Å². The molecule has 0 saturated carbocycles. The van der Waals surface area contributed by atoms with Crippen LogP contribution in [0.15, 0.2) is 39.3 Å². The largest absolute Gasteiger partial charge is 0.490 e. The predicted molar refractivity (Wildman–Crippen MR) is 103 cm³/mol. The zero-order valence-electron chi connectivity index (χ0n) is 13.0. The fourth-order valence-electron chi connectivity index (χ4n) is 2.08. The van der Waals surface area contributed by atoms with Crippen molar-refractivity contribution in [2.24, 2.45) is 0 Å². The van der Waals surface area contributed by atoms with E-state index in [1.807, 2.05) is 44.2 Å². The molecule has 1 N–H and O–H groups in total. The van der Waals surface area contributed by atoms with Crippen LogP contribution in [0, 0.1) is 0 Å². The van der Waals surface area contributed by atoms with Gasteiger partial charge < -0.3 is 14.8 Å². The van der Waals surface area contributed by atoms with Gasteiger partial charge in [-0.3, -0.25) is 0 Å². The van der Waals surface area contributed by atoms with Crippen molar-refractivity contribution in [3.05, 3.63) is 49.9 Å². The van der Waals surface area contributed by atoms with Gasteiger partial charge in [0.1, 0.15) is 0 Å². The normalized spacial score (nSPS) is 10.5. The zero-order chi connectivity index (χ0) is 16.8. The van der Waals surface area contributed by atoms with Crippen molar-refractivity contribution in [3.8, 4) is 11.5 Å². The lowest BCUT2D eigenvalue weighted by molar-refractivity contribution is 0.286. The number of hydrogen-bond donors (Lipinski definition) is 1. The third-order valence-electron chi connectivity index (χ3n) is 3.07. The third-order valence-corrected chi connectivity index (χ3v) is 4.90. The van der Waals surface area contributed by atoms with Crippen LogP contribution in [0.25, 0.3) is 0 Å². The molecule has 3 nitrogen and oxygen atoms in total. The lowest BCUT2D eigenvalue weighted by Gasteiger charge is -2.15. The van der Waals surface area contributed by atoms with Gasteiger partial charge in [-0.1, -0.05) is 11.6 Å². The Morgan fingerprint density at radius 1 is 1.00 bits per heavy atom. The van der Waals surface area contributed by atoms with Gasteiger partial charge in [-0.2, -0.15) is 0 Å². The topological polar surface area (TPSA) is 30.5 Å². The molecule has 124 valence electrons. The minimum Gasteiger partial charge on any atom is -0.490 e. The summed E-state index contributed by atoms with van der Waals surface area (Å²) in [6.07, 6.45) is 0. The van der Waals surface area contributed by atoms with Crippen molar-refractivity contribution in [1.29, 1.82) is 0 Å². The maximum Gasteiger partial charge on any atom is 0.175 e. The van der Waals surface area contributed by atoms with Crippen molar-refractivity contribution in [2.75, 3.05) is 18.5 Å². The molecule has 0 aliphatic heterocycles. The lowest BCUT2D eigenvalue weighted by atomic mass is 10.2. The molecule has 6 heteroatoms. The van der Waals surface area contributed by atoms with E-state index in [0.29, 0.717) is 24.8 Å². The van der Waals surface area contributed by atoms with Gasteiger partial charge in [0.2, 0.25) is 0 Å². The minimum absolute atomic E-state index is 0.589. The second kappa shape index (κ2) is 8.81. The number of ether oxygens (including phenoxy) is 2. The Hall–Kier alpha value is -0.910. The van der Waals surface area contributed by atoms with Crippen LogP contribution in [0.2, 0.25) is 5.02 Å². The van der Waals surface area contributed by atoms with Gasteiger partial charge in [-0.25, -0.2) is 0 Å². The van der Waals surface area contributed by atoms with Gasteiger partial charge in [-0.05, 0) is 81.6 Å². The highest BCUT2D eigenvalue weighted by Crippen LogP contribution is 2.37. The highest BCUT2D eigenvalue weighted by atomic mass is 79.9. The van der Waals surface area contributed by atoms with Gasteiger partial charge in [-0.15, -0.1) is 0 Å². The second-order valence-electron chi connectivity index (χ2n) is 4.75. The van der Waals surface area contributed by atoms with E-state index in [4.69, 9.17) is 21.1 Å². The molecule has 0 aliphatic rings. The van der Waals surface area contributed by atoms with Gasteiger partial charge in [0.05, 0.1) is 22.7 Å². The van der Waals surface area contributed by atoms with E-state index in [0.717, 1.165) is 31.7 Å². The summed E-state index contributed by atoms with van der Waals surface area (Å²) in [6, 6.07) is 9.81. The molecular weight excluding hydrogens is 445 g/mol. The smallest absolute Gasteiger partial charge is 0.175 e. The second-order valence-corrected chi connectivity index (χ2v) is 6.87. The van der Waals surface area contributed by atoms with E-state index in [9.17, 15) is 0 Å². The van der Waals surface area contributed by atoms with E-state index >= 15 is 0 Å². The van der Waals surface area contributed by atoms with Gasteiger partial charge >= 0.3 is 0 Å². The van der Waals surface area contributed by atoms with E-state index in [2.05, 4.69) is 37.2 Å². The fourth-order valence-corrected chi connectivity index (χ4v) is 3.11. The molecular formula is C17H18Br2ClNO2. The van der Waals surface area contributed by atoms with Gasteiger partial charge in [0, 0.05) is 16.7 Å². The molecule has 0 atom stereocenters. The monoisotopic (exact) mass is 461 g/mol. The average Bonchev–Trinajstić information content (AvgIpc) is 2.52. The van der Waals surface area contributed by atoms with Gasteiger partial charge in [0.15, 0.2) is 11.5 Å². The van der Waals surface area contributed by atoms with Crippen LogP contribution in [0.5, 0.6) is 11.5 Å². The maximum atomic E-state index is 6.11. The van der Waals surface area contributed by atoms with Crippen molar-refractivity contribution in [1.82, 2.24) is 0 Å². The highest BCUT2D eigenvalue weighted by molar-refractivity contribution is 9.10. The summed E-state index contributed by atoms with van der Waals surface area (Å²) in [5.74, 6) is 1.49. The fraction of sp³-hybridized carbons (Fsp3) is 0.294. The van der Waals surface area contributed by atoms with Crippen molar-refractivity contribution in [3.63, 3.8) is 0 Å². The predicted octanol–water partition coefficient (Wildman–Crippen LogP) is 6.27. The number of hydrogen-bond acceptors (Lipinski definition) is 3. The molecule has 2 aromatic carbocycles. The number of halogens is 3. The Morgan fingerprint density at radius 3 is 2.39 bits per heavy atom. The summed E-state index contributed by atoms with van der Waals surface area (Å²) in [4.78, 5) is 0. The molecule has 2 rings (SSSR count). The van der Waals surface area contributed by atoms with E-state index in [1.54, 1.807) is 0 Å². The van der Waals surface area contributed by atoms with E-state index in [-0.39, 0.29) is 0 Å². The maximum absolute atomic E-state index is 6.11. The number of nitrogens with one attached hydrogen (secondary N) is 1. The lowest BCUT2D eigenvalue weighted by Crippen LogP contribution is -2.03. The molecule has 23 heavy (non-hydrogen) atoms. The summed E-state index contributed by atoms with van der Waals surface area (Å²) in [6.45, 7) is 5.75. The quantitative estimate of drug-likeness (QED) is 0.525. The Bertz CT molecular complexity index is 680. The Kier molecular flexibility index (Phi) is 7.06. The van der Waals surface area contributed by atoms with Crippen molar-refractivity contribution < 1.29 is 9.47 Å². The Balaban J connectivity index is 2.17. The number of benzene rings is 2. The first-order valence-electron chi connectivity index (χ1n) is 7.32. The SMILES string of the molecule is CCOc1cc(CNc2ccc(Br)c(Cl)c2)cc(Br)c1OCC. The van der Waals surface area contributed by atoms with Crippen LogP contribution in [-0.2, 0) is 6.54 Å². The van der Waals surface area contributed by atoms with Crippen LogP contribution < -0.4 is 14.8 Å². The molecule has 0 bridgehead atoms. The molecule has 0 spiro atoms. The van der Waals surface area contributed by atoms with Crippen molar-refractivity contribution in [2.45, 2.75) is 20.4 Å². The molecule has 0 saturated heterocycles. The van der Waals surface area contributed by atoms with Crippen molar-refractivity contribution >= 4 is 49.1 Å². The first-order chi connectivity index (χ1) is 11.0. The number of rotatable bonds is 7. The third kappa shape index (κ3) is 5.03. The molecule has 0 heterocycles. The summed E-state index contributed by atoms with van der Waals surface area (Å²) < 4.78 is 13.1. The summed E-state index contributed by atoms with van der Waals surface area (Å²) in [7, 11) is 0. The molecule has 0 radical (unpaired) electrons. The first-order valence-corrected chi connectivity index (χ1v) is 9.28. The Labute approximate surface area is 158 Å². The molecule has 0 amide bonds. The molecule has 0 aromatic heterocycles. The summed E-state index contributed by atoms with van der Waals surface area (Å²) in [5.41, 5.74) is 2.05. The van der Waals surface area contributed by atoms with Crippen LogP contribution in [0.1, 0.15) is 19.4 Å². The first kappa shape index (κ1) is 18.4. The van der Waals surface area contributed by atoms with E-state index < -0.39 is 0 Å². The minimum atomic E-state index is 0.589. The Morgan fingerprint density at radius 2 is 1.74 bits per heavy atom. The average molecular weight is 464 g/mol. The highest BCUT2D eigenvalue weighted by Gasteiger charge is 2.12. The van der Waals surface area contributed by atoms with Crippen LogP contribution >= 0.6 is 43.5 Å². The molecule has 0 unspecified atom stereocenters. The van der Waals surface area contributed by atoms with E-state index in [1.165, 1.54) is 0 Å².